The fourth-order valence-electron chi connectivity index (χ4n) is 1.92. The van der Waals surface area contributed by atoms with Crippen molar-refractivity contribution in [3.63, 3.8) is 0 Å². The van der Waals surface area contributed by atoms with E-state index in [-0.39, 0.29) is 17.7 Å². The minimum absolute atomic E-state index is 0.0135. The van der Waals surface area contributed by atoms with E-state index in [1.54, 1.807) is 32.6 Å². The highest BCUT2D eigenvalue weighted by Crippen LogP contribution is 2.24. The maximum Gasteiger partial charge on any atom is 0.220 e. The predicted octanol–water partition coefficient (Wildman–Crippen LogP) is 1.61. The molecule has 0 spiro atoms. The molecule has 1 unspecified atom stereocenters. The molecule has 1 rings (SSSR count). The first-order chi connectivity index (χ1) is 7.54. The number of aliphatic hydroxyl groups is 1. The van der Waals surface area contributed by atoms with E-state index in [9.17, 15) is 9.59 Å². The first-order valence-corrected chi connectivity index (χ1v) is 6.04. The fraction of sp³-hybridized carbons (Fsp3) is 0.846. The summed E-state index contributed by atoms with van der Waals surface area (Å²) < 4.78 is 0. The Kier molecular flexibility index (Phi) is 5.82. The summed E-state index contributed by atoms with van der Waals surface area (Å²) in [6, 6.07) is -0.164. The Balaban J connectivity index is 0.000000437. The molecule has 1 N–H and O–H groups in total. The first kappa shape index (κ1) is 16.1. The largest absolute Gasteiger partial charge is 0.391 e. The maximum atomic E-state index is 11.2. The molecule has 100 valence electrons. The standard InChI is InChI=1S/C9H15NO2.C4H10O/c1-6-4-5-10(8(3)12)9(6)7(2)11;1-4(2,3)5/h6,9H,4-5H2,1-3H3;5H,1-3H3/t6-,9?;/m0./s1. The average Bonchev–Trinajstić information content (AvgIpc) is 2.43. The van der Waals surface area contributed by atoms with Gasteiger partial charge >= 0.3 is 0 Å². The van der Waals surface area contributed by atoms with E-state index in [0.29, 0.717) is 5.92 Å². The molecule has 1 amide bonds. The Labute approximate surface area is 104 Å². The minimum atomic E-state index is -0.500. The molecule has 2 atom stereocenters. The highest BCUT2D eigenvalue weighted by atomic mass is 16.3. The van der Waals surface area contributed by atoms with Gasteiger partial charge in [-0.3, -0.25) is 9.59 Å². The average molecular weight is 243 g/mol. The molecular formula is C13H25NO3. The van der Waals surface area contributed by atoms with Crippen molar-refractivity contribution in [3.05, 3.63) is 0 Å². The zero-order valence-electron chi connectivity index (χ0n) is 11.8. The van der Waals surface area contributed by atoms with Crippen molar-refractivity contribution in [2.75, 3.05) is 6.54 Å². The quantitative estimate of drug-likeness (QED) is 0.761. The number of amides is 1. The van der Waals surface area contributed by atoms with Gasteiger partial charge in [-0.2, -0.15) is 0 Å². The molecule has 0 aliphatic carbocycles. The second-order valence-electron chi connectivity index (χ2n) is 5.70. The zero-order chi connectivity index (χ0) is 13.8. The lowest BCUT2D eigenvalue weighted by molar-refractivity contribution is -0.135. The number of likely N-dealkylation sites (tertiary alicyclic amines) is 1. The monoisotopic (exact) mass is 243 g/mol. The Morgan fingerprint density at radius 2 is 1.65 bits per heavy atom. The molecule has 0 saturated carbocycles. The van der Waals surface area contributed by atoms with Crippen LogP contribution in [0.4, 0.5) is 0 Å². The Bertz CT molecular complexity index is 275. The van der Waals surface area contributed by atoms with Gasteiger partial charge in [0, 0.05) is 13.5 Å². The predicted molar refractivity (Wildman–Crippen MR) is 67.6 cm³/mol. The van der Waals surface area contributed by atoms with Gasteiger partial charge in [-0.1, -0.05) is 6.92 Å². The van der Waals surface area contributed by atoms with Gasteiger partial charge in [0.15, 0.2) is 5.78 Å². The van der Waals surface area contributed by atoms with Crippen LogP contribution in [0.25, 0.3) is 0 Å². The molecule has 0 radical (unpaired) electrons. The van der Waals surface area contributed by atoms with E-state index < -0.39 is 5.60 Å². The lowest BCUT2D eigenvalue weighted by Crippen LogP contribution is -2.40. The summed E-state index contributed by atoms with van der Waals surface area (Å²) in [6.07, 6.45) is 0.948. The van der Waals surface area contributed by atoms with E-state index in [2.05, 4.69) is 0 Å². The van der Waals surface area contributed by atoms with E-state index in [1.807, 2.05) is 6.92 Å². The summed E-state index contributed by atoms with van der Waals surface area (Å²) in [6.45, 7) is 11.1. The van der Waals surface area contributed by atoms with Crippen LogP contribution < -0.4 is 0 Å². The third kappa shape index (κ3) is 6.41. The van der Waals surface area contributed by atoms with Crippen molar-refractivity contribution in [2.24, 2.45) is 5.92 Å². The van der Waals surface area contributed by atoms with Crippen LogP contribution in [0, 0.1) is 5.92 Å². The van der Waals surface area contributed by atoms with Crippen molar-refractivity contribution in [1.82, 2.24) is 4.90 Å². The summed E-state index contributed by atoms with van der Waals surface area (Å²) in [5.41, 5.74) is -0.500. The molecule has 1 saturated heterocycles. The number of hydrogen-bond acceptors (Lipinski definition) is 3. The number of ketones is 1. The van der Waals surface area contributed by atoms with Gasteiger partial charge in [0.25, 0.3) is 0 Å². The molecular weight excluding hydrogens is 218 g/mol. The van der Waals surface area contributed by atoms with Crippen LogP contribution in [0.1, 0.15) is 48.0 Å². The smallest absolute Gasteiger partial charge is 0.220 e. The maximum absolute atomic E-state index is 11.2. The number of nitrogens with zero attached hydrogens (tertiary/aromatic N) is 1. The van der Waals surface area contributed by atoms with Crippen molar-refractivity contribution < 1.29 is 14.7 Å². The molecule has 0 bridgehead atoms. The molecule has 1 heterocycles. The number of Topliss-reactive ketones (excluding diaryl/α,β-unsaturated/α-hetero) is 1. The van der Waals surface area contributed by atoms with Gasteiger partial charge in [-0.15, -0.1) is 0 Å². The second-order valence-corrected chi connectivity index (χ2v) is 5.70. The fourth-order valence-corrected chi connectivity index (χ4v) is 1.92. The minimum Gasteiger partial charge on any atom is -0.391 e. The molecule has 4 heteroatoms. The van der Waals surface area contributed by atoms with Crippen LogP contribution in [0.15, 0.2) is 0 Å². The van der Waals surface area contributed by atoms with E-state index >= 15 is 0 Å². The number of carbonyl (C=O) groups is 2. The van der Waals surface area contributed by atoms with Crippen molar-refractivity contribution in [1.29, 1.82) is 0 Å². The zero-order valence-corrected chi connectivity index (χ0v) is 11.8. The SMILES string of the molecule is CC(=O)C1[C@@H](C)CCN1C(C)=O.CC(C)(C)O. The van der Waals surface area contributed by atoms with Crippen molar-refractivity contribution in [2.45, 2.75) is 59.6 Å². The molecule has 0 aromatic heterocycles. The Morgan fingerprint density at radius 3 is 1.88 bits per heavy atom. The normalized spacial score (nSPS) is 24.1. The molecule has 0 aromatic carbocycles. The van der Waals surface area contributed by atoms with Gasteiger partial charge in [-0.25, -0.2) is 0 Å². The molecule has 1 aliphatic rings. The van der Waals surface area contributed by atoms with Crippen molar-refractivity contribution >= 4 is 11.7 Å². The van der Waals surface area contributed by atoms with E-state index in [1.165, 1.54) is 6.92 Å². The van der Waals surface area contributed by atoms with Gasteiger partial charge in [0.1, 0.15) is 0 Å². The summed E-state index contributed by atoms with van der Waals surface area (Å²) in [5, 5.41) is 8.52. The number of hydrogen-bond donors (Lipinski definition) is 1. The molecule has 1 aliphatic heterocycles. The van der Waals surface area contributed by atoms with Crippen LogP contribution in [0.5, 0.6) is 0 Å². The highest BCUT2D eigenvalue weighted by Gasteiger charge is 2.35. The Hall–Kier alpha value is -0.900. The van der Waals surface area contributed by atoms with Crippen molar-refractivity contribution in [3.8, 4) is 0 Å². The van der Waals surface area contributed by atoms with Gasteiger partial charge in [-0.05, 0) is 40.0 Å². The van der Waals surface area contributed by atoms with Crippen LogP contribution in [0.2, 0.25) is 0 Å². The van der Waals surface area contributed by atoms with E-state index in [0.717, 1.165) is 13.0 Å². The van der Waals surface area contributed by atoms with Gasteiger partial charge < -0.3 is 10.0 Å². The van der Waals surface area contributed by atoms with Crippen LogP contribution in [-0.2, 0) is 9.59 Å². The summed E-state index contributed by atoms with van der Waals surface area (Å²) in [5.74, 6) is 0.446. The Morgan fingerprint density at radius 1 is 1.24 bits per heavy atom. The molecule has 17 heavy (non-hydrogen) atoms. The summed E-state index contributed by atoms with van der Waals surface area (Å²) in [7, 11) is 0. The molecule has 1 fully saturated rings. The summed E-state index contributed by atoms with van der Waals surface area (Å²) in [4.78, 5) is 23.9. The third-order valence-electron chi connectivity index (χ3n) is 2.52. The van der Waals surface area contributed by atoms with Crippen LogP contribution in [0.3, 0.4) is 0 Å². The first-order valence-electron chi connectivity index (χ1n) is 6.04. The lowest BCUT2D eigenvalue weighted by Gasteiger charge is -2.22. The van der Waals surface area contributed by atoms with E-state index in [4.69, 9.17) is 5.11 Å². The molecule has 4 nitrogen and oxygen atoms in total. The van der Waals surface area contributed by atoms with Gasteiger partial charge in [0.05, 0.1) is 11.6 Å². The third-order valence-corrected chi connectivity index (χ3v) is 2.52. The van der Waals surface area contributed by atoms with Crippen LogP contribution >= 0.6 is 0 Å². The number of rotatable bonds is 1. The van der Waals surface area contributed by atoms with Crippen LogP contribution in [-0.4, -0.2) is 39.9 Å². The van der Waals surface area contributed by atoms with Gasteiger partial charge in [0.2, 0.25) is 5.91 Å². The number of carbonyl (C=O) groups excluding carboxylic acids is 2. The lowest BCUT2D eigenvalue weighted by atomic mass is 10.00. The summed E-state index contributed by atoms with van der Waals surface area (Å²) >= 11 is 0. The highest BCUT2D eigenvalue weighted by molar-refractivity contribution is 5.87. The second kappa shape index (κ2) is 6.15. The topological polar surface area (TPSA) is 57.6 Å². The molecule has 0 aromatic rings.